The summed E-state index contributed by atoms with van der Waals surface area (Å²) in [5, 5.41) is 32.5. The Kier molecular flexibility index (Phi) is 4.85. The number of fused-ring (bicyclic) bond motifs is 1. The number of amides is 1. The molecule has 0 saturated heterocycles. The number of anilines is 1. The molecule has 0 spiro atoms. The number of carbonyl (C=O) groups is 1. The van der Waals surface area contributed by atoms with Crippen molar-refractivity contribution in [2.24, 2.45) is 0 Å². The third-order valence-electron chi connectivity index (χ3n) is 4.48. The Balaban J connectivity index is 1.64. The Morgan fingerprint density at radius 1 is 0.900 bits per heavy atom. The summed E-state index contributed by atoms with van der Waals surface area (Å²) in [7, 11) is 0. The number of nitrogens with one attached hydrogen (secondary N) is 1. The van der Waals surface area contributed by atoms with Crippen molar-refractivity contribution in [1.29, 1.82) is 0 Å². The molecule has 0 unspecified atom stereocenters. The van der Waals surface area contributed by atoms with Crippen LogP contribution in [-0.2, 0) is 4.79 Å². The van der Waals surface area contributed by atoms with Gasteiger partial charge in [-0.1, -0.05) is 6.07 Å². The normalized spacial score (nSPS) is 11.2. The van der Waals surface area contributed by atoms with Crippen LogP contribution in [0.3, 0.4) is 0 Å². The molecule has 30 heavy (non-hydrogen) atoms. The number of hydrogen-bond acceptors (Lipinski definition) is 5. The molecule has 0 saturated carbocycles. The highest BCUT2D eigenvalue weighted by molar-refractivity contribution is 6.04. The molecule has 0 radical (unpaired) electrons. The van der Waals surface area contributed by atoms with Crippen LogP contribution in [0.4, 0.5) is 10.1 Å². The molecule has 6 nitrogen and oxygen atoms in total. The second-order valence-electron chi connectivity index (χ2n) is 6.56. The van der Waals surface area contributed by atoms with Gasteiger partial charge in [0.15, 0.2) is 22.8 Å². The number of halogens is 1. The average molecular weight is 405 g/mol. The molecule has 0 aliphatic heterocycles. The molecule has 4 rings (SSSR count). The molecular formula is C23H16FNO5. The van der Waals surface area contributed by atoms with Crippen molar-refractivity contribution >= 4 is 28.6 Å². The molecule has 7 heteroatoms. The van der Waals surface area contributed by atoms with Gasteiger partial charge in [0.05, 0.1) is 0 Å². The quantitative estimate of drug-likeness (QED) is 0.282. The summed E-state index contributed by atoms with van der Waals surface area (Å²) in [5.74, 6) is -1.06. The number of carbonyl (C=O) groups excluding carboxylic acids is 1. The minimum Gasteiger partial charge on any atom is -0.504 e. The highest BCUT2D eigenvalue weighted by atomic mass is 19.1. The van der Waals surface area contributed by atoms with Crippen LogP contribution in [0.1, 0.15) is 5.56 Å². The zero-order valence-corrected chi connectivity index (χ0v) is 15.5. The maximum absolute atomic E-state index is 13.0. The van der Waals surface area contributed by atoms with Gasteiger partial charge in [-0.25, -0.2) is 4.39 Å². The fourth-order valence-corrected chi connectivity index (χ4v) is 2.98. The lowest BCUT2D eigenvalue weighted by Gasteiger charge is -2.02. The van der Waals surface area contributed by atoms with E-state index < -0.39 is 11.7 Å². The van der Waals surface area contributed by atoms with Crippen LogP contribution < -0.4 is 5.32 Å². The third kappa shape index (κ3) is 3.81. The molecular weight excluding hydrogens is 389 g/mol. The number of rotatable bonds is 4. The zero-order chi connectivity index (χ0) is 21.3. The third-order valence-corrected chi connectivity index (χ3v) is 4.48. The molecule has 150 valence electrons. The fourth-order valence-electron chi connectivity index (χ4n) is 2.98. The molecule has 4 aromatic rings. The highest BCUT2D eigenvalue weighted by Gasteiger charge is 2.14. The summed E-state index contributed by atoms with van der Waals surface area (Å²) in [5.41, 5.74) is 1.80. The lowest BCUT2D eigenvalue weighted by Crippen LogP contribution is -2.07. The summed E-state index contributed by atoms with van der Waals surface area (Å²) in [6, 6.07) is 14.4. The van der Waals surface area contributed by atoms with E-state index in [1.807, 2.05) is 0 Å². The van der Waals surface area contributed by atoms with Crippen LogP contribution in [0.25, 0.3) is 28.4 Å². The van der Waals surface area contributed by atoms with Gasteiger partial charge in [0.2, 0.25) is 5.91 Å². The predicted molar refractivity (Wildman–Crippen MR) is 111 cm³/mol. The highest BCUT2D eigenvalue weighted by Crippen LogP contribution is 2.37. The Morgan fingerprint density at radius 2 is 1.63 bits per heavy atom. The zero-order valence-electron chi connectivity index (χ0n) is 15.5. The molecule has 1 amide bonds. The SMILES string of the molecule is O=C(/C=C/c1ccc(O)c2oc(-c3ccc(O)c(O)c3)cc12)Nc1ccc(F)cc1. The van der Waals surface area contributed by atoms with Crippen molar-refractivity contribution < 1.29 is 28.9 Å². The average Bonchev–Trinajstić information content (AvgIpc) is 3.18. The molecule has 3 aromatic carbocycles. The Labute approximate surface area is 170 Å². The van der Waals surface area contributed by atoms with Gasteiger partial charge >= 0.3 is 0 Å². The van der Waals surface area contributed by atoms with Crippen LogP contribution in [0.5, 0.6) is 17.2 Å². The minimum absolute atomic E-state index is 0.0767. The van der Waals surface area contributed by atoms with E-state index in [9.17, 15) is 24.5 Å². The van der Waals surface area contributed by atoms with Crippen LogP contribution in [0.15, 0.2) is 71.2 Å². The van der Waals surface area contributed by atoms with E-state index in [2.05, 4.69) is 5.32 Å². The Bertz CT molecular complexity index is 1270. The summed E-state index contributed by atoms with van der Waals surface area (Å²) in [4.78, 5) is 12.2. The van der Waals surface area contributed by atoms with Crippen LogP contribution in [0, 0.1) is 5.82 Å². The van der Waals surface area contributed by atoms with E-state index in [1.165, 1.54) is 48.5 Å². The molecule has 0 fully saturated rings. The molecule has 1 heterocycles. The van der Waals surface area contributed by atoms with Gasteiger partial charge in [0.25, 0.3) is 0 Å². The number of phenols is 3. The Hall–Kier alpha value is -4.26. The van der Waals surface area contributed by atoms with Crippen molar-refractivity contribution in [1.82, 2.24) is 0 Å². The van der Waals surface area contributed by atoms with E-state index in [1.54, 1.807) is 24.3 Å². The fraction of sp³-hybridized carbons (Fsp3) is 0. The second kappa shape index (κ2) is 7.63. The van der Waals surface area contributed by atoms with Gasteiger partial charge in [-0.2, -0.15) is 0 Å². The molecule has 4 N–H and O–H groups in total. The smallest absolute Gasteiger partial charge is 0.248 e. The minimum atomic E-state index is -0.407. The Morgan fingerprint density at radius 3 is 2.37 bits per heavy atom. The largest absolute Gasteiger partial charge is 0.504 e. The van der Waals surface area contributed by atoms with Gasteiger partial charge in [-0.15, -0.1) is 0 Å². The van der Waals surface area contributed by atoms with E-state index in [0.717, 1.165) is 0 Å². The first-order valence-electron chi connectivity index (χ1n) is 8.93. The number of phenolic OH excluding ortho intramolecular Hbond substituents is 3. The van der Waals surface area contributed by atoms with E-state index in [-0.39, 0.29) is 22.8 Å². The van der Waals surface area contributed by atoms with E-state index in [0.29, 0.717) is 28.0 Å². The number of benzene rings is 3. The molecule has 0 aliphatic carbocycles. The molecule has 0 bridgehead atoms. The predicted octanol–water partition coefficient (Wildman–Crippen LogP) is 5.01. The number of furan rings is 1. The second-order valence-corrected chi connectivity index (χ2v) is 6.56. The van der Waals surface area contributed by atoms with Crippen molar-refractivity contribution in [3.05, 3.63) is 78.1 Å². The first-order valence-corrected chi connectivity index (χ1v) is 8.93. The maximum Gasteiger partial charge on any atom is 0.248 e. The monoisotopic (exact) mass is 405 g/mol. The summed E-state index contributed by atoms with van der Waals surface area (Å²) >= 11 is 0. The topological polar surface area (TPSA) is 103 Å². The van der Waals surface area contributed by atoms with E-state index >= 15 is 0 Å². The van der Waals surface area contributed by atoms with Gasteiger partial charge in [-0.3, -0.25) is 4.79 Å². The van der Waals surface area contributed by atoms with Gasteiger partial charge < -0.3 is 25.1 Å². The standard InChI is InChI=1S/C23H16FNO5/c24-15-4-6-16(7-5-15)25-22(29)10-3-13-1-9-19(27)23-17(13)12-21(30-23)14-2-8-18(26)20(28)11-14/h1-12,26-28H,(H,25,29)/b10-3+. The molecule has 1 aromatic heterocycles. The first kappa shape index (κ1) is 19.1. The summed E-state index contributed by atoms with van der Waals surface area (Å²) in [6.45, 7) is 0. The molecule has 0 aliphatic rings. The lowest BCUT2D eigenvalue weighted by atomic mass is 10.1. The molecule has 0 atom stereocenters. The van der Waals surface area contributed by atoms with Crippen molar-refractivity contribution in [2.75, 3.05) is 5.32 Å². The van der Waals surface area contributed by atoms with Crippen molar-refractivity contribution in [2.45, 2.75) is 0 Å². The lowest BCUT2D eigenvalue weighted by molar-refractivity contribution is -0.111. The van der Waals surface area contributed by atoms with Crippen molar-refractivity contribution in [3.8, 4) is 28.6 Å². The summed E-state index contributed by atoms with van der Waals surface area (Å²) in [6.07, 6.45) is 2.88. The van der Waals surface area contributed by atoms with Crippen molar-refractivity contribution in [3.63, 3.8) is 0 Å². The van der Waals surface area contributed by atoms with E-state index in [4.69, 9.17) is 4.42 Å². The number of hydrogen-bond donors (Lipinski definition) is 4. The number of aromatic hydroxyl groups is 3. The van der Waals surface area contributed by atoms with Gasteiger partial charge in [0.1, 0.15) is 11.6 Å². The van der Waals surface area contributed by atoms with Gasteiger partial charge in [-0.05, 0) is 66.2 Å². The first-order chi connectivity index (χ1) is 14.4. The maximum atomic E-state index is 13.0. The summed E-state index contributed by atoms with van der Waals surface area (Å²) < 4.78 is 18.7. The van der Waals surface area contributed by atoms with Crippen LogP contribution >= 0.6 is 0 Å². The van der Waals surface area contributed by atoms with Crippen LogP contribution in [0.2, 0.25) is 0 Å². The van der Waals surface area contributed by atoms with Crippen LogP contribution in [-0.4, -0.2) is 21.2 Å². The van der Waals surface area contributed by atoms with Gasteiger partial charge in [0, 0.05) is 22.7 Å².